The summed E-state index contributed by atoms with van der Waals surface area (Å²) < 4.78 is 5.07. The molecule has 1 N–H and O–H groups in total. The first-order valence-electron chi connectivity index (χ1n) is 11.5. The van der Waals surface area contributed by atoms with Crippen LogP contribution in [0.3, 0.4) is 0 Å². The van der Waals surface area contributed by atoms with Crippen LogP contribution in [0.5, 0.6) is 5.88 Å². The molecule has 35 heavy (non-hydrogen) atoms. The lowest BCUT2D eigenvalue weighted by Crippen LogP contribution is -2.23. The molecule has 4 aromatic rings. The highest BCUT2D eigenvalue weighted by Crippen LogP contribution is 2.29. The van der Waals surface area contributed by atoms with Crippen molar-refractivity contribution >= 4 is 23.7 Å². The Kier molecular flexibility index (Phi) is 7.58. The minimum absolute atomic E-state index is 0.177. The summed E-state index contributed by atoms with van der Waals surface area (Å²) in [6.45, 7) is 0.408. The third kappa shape index (κ3) is 5.95. The Hall–Kier alpha value is -4.38. The molecule has 0 saturated carbocycles. The van der Waals surface area contributed by atoms with Crippen LogP contribution in [0, 0.1) is 0 Å². The number of carbonyl (C=O) groups is 1. The Bertz CT molecular complexity index is 1310. The van der Waals surface area contributed by atoms with Gasteiger partial charge in [0.05, 0.1) is 12.7 Å². The van der Waals surface area contributed by atoms with Crippen molar-refractivity contribution in [3.63, 3.8) is 0 Å². The smallest absolute Gasteiger partial charge is 0.253 e. The summed E-state index contributed by atoms with van der Waals surface area (Å²) in [7, 11) is 5.62. The lowest BCUT2D eigenvalue weighted by atomic mass is 9.94. The minimum Gasteiger partial charge on any atom is -0.481 e. The van der Waals surface area contributed by atoms with E-state index in [9.17, 15) is 4.79 Å². The summed E-state index contributed by atoms with van der Waals surface area (Å²) >= 11 is 0. The van der Waals surface area contributed by atoms with E-state index < -0.39 is 0 Å². The van der Waals surface area contributed by atoms with Gasteiger partial charge in [0.1, 0.15) is 0 Å². The van der Waals surface area contributed by atoms with Crippen LogP contribution in [0.15, 0.2) is 91.1 Å². The van der Waals surface area contributed by atoms with Crippen LogP contribution in [0.4, 0.5) is 5.69 Å². The van der Waals surface area contributed by atoms with E-state index in [1.807, 2.05) is 44.4 Å². The summed E-state index contributed by atoms with van der Waals surface area (Å²) in [5, 5.41) is 3.01. The Morgan fingerprint density at radius 3 is 2.29 bits per heavy atom. The molecule has 0 aliphatic carbocycles. The number of nitrogens with zero attached hydrogens (tertiary/aromatic N) is 2. The van der Waals surface area contributed by atoms with Crippen molar-refractivity contribution in [3.05, 3.63) is 113 Å². The second kappa shape index (κ2) is 11.2. The average molecular weight is 464 g/mol. The molecule has 0 fully saturated rings. The van der Waals surface area contributed by atoms with Gasteiger partial charge in [0, 0.05) is 38.6 Å². The van der Waals surface area contributed by atoms with Crippen LogP contribution >= 0.6 is 0 Å². The fraction of sp³-hybridized carbons (Fsp3) is 0.133. The lowest BCUT2D eigenvalue weighted by molar-refractivity contribution is 0.0950. The maximum absolute atomic E-state index is 12.7. The summed E-state index contributed by atoms with van der Waals surface area (Å²) in [4.78, 5) is 18.9. The zero-order chi connectivity index (χ0) is 24.6. The third-order valence-electron chi connectivity index (χ3n) is 5.78. The van der Waals surface area contributed by atoms with E-state index in [1.54, 1.807) is 19.2 Å². The number of amides is 1. The summed E-state index contributed by atoms with van der Waals surface area (Å²) in [6, 6.07) is 28.3. The standard InChI is InChI=1S/C30H29N3O2/c1-33(2)26-17-13-22(14-18-26)12-15-23-8-4-6-10-27(23)28-11-7-5-9-24(28)20-32-30(34)25-16-19-29(35-3)31-21-25/h4-19,21H,20H2,1-3H3,(H,32,34)/b15-12+. The highest BCUT2D eigenvalue weighted by Gasteiger charge is 2.11. The van der Waals surface area contributed by atoms with Gasteiger partial charge in [-0.15, -0.1) is 0 Å². The molecular formula is C30H29N3O2. The maximum atomic E-state index is 12.7. The van der Waals surface area contributed by atoms with Gasteiger partial charge in [-0.25, -0.2) is 4.98 Å². The van der Waals surface area contributed by atoms with Crippen LogP contribution in [-0.2, 0) is 6.54 Å². The van der Waals surface area contributed by atoms with Crippen molar-refractivity contribution in [1.82, 2.24) is 10.3 Å². The highest BCUT2D eigenvalue weighted by atomic mass is 16.5. The molecule has 0 bridgehead atoms. The van der Waals surface area contributed by atoms with Crippen LogP contribution in [0.1, 0.15) is 27.0 Å². The van der Waals surface area contributed by atoms with Gasteiger partial charge in [0.2, 0.25) is 5.88 Å². The van der Waals surface area contributed by atoms with Crippen molar-refractivity contribution in [1.29, 1.82) is 0 Å². The number of rotatable bonds is 8. The van der Waals surface area contributed by atoms with Gasteiger partial charge < -0.3 is 15.0 Å². The number of hydrogen-bond donors (Lipinski definition) is 1. The van der Waals surface area contributed by atoms with E-state index in [-0.39, 0.29) is 5.91 Å². The van der Waals surface area contributed by atoms with E-state index in [1.165, 1.54) is 11.9 Å². The van der Waals surface area contributed by atoms with Gasteiger partial charge in [0.25, 0.3) is 5.91 Å². The number of hydrogen-bond acceptors (Lipinski definition) is 4. The van der Waals surface area contributed by atoms with Crippen molar-refractivity contribution in [2.45, 2.75) is 6.54 Å². The molecular weight excluding hydrogens is 434 g/mol. The quantitative estimate of drug-likeness (QED) is 0.329. The number of methoxy groups -OCH3 is 1. The number of aromatic nitrogens is 1. The predicted octanol–water partition coefficient (Wildman–Crippen LogP) is 5.92. The Labute approximate surface area is 206 Å². The van der Waals surface area contributed by atoms with E-state index >= 15 is 0 Å². The van der Waals surface area contributed by atoms with Gasteiger partial charge in [-0.05, 0) is 46.0 Å². The maximum Gasteiger partial charge on any atom is 0.253 e. The van der Waals surface area contributed by atoms with Crippen molar-refractivity contribution in [2.75, 3.05) is 26.1 Å². The molecule has 1 aromatic heterocycles. The Balaban J connectivity index is 1.54. The normalized spacial score (nSPS) is 10.8. The first-order chi connectivity index (χ1) is 17.0. The van der Waals surface area contributed by atoms with Gasteiger partial charge >= 0.3 is 0 Å². The van der Waals surface area contributed by atoms with Crippen LogP contribution < -0.4 is 15.0 Å². The number of anilines is 1. The summed E-state index contributed by atoms with van der Waals surface area (Å²) in [5.41, 5.74) is 7.16. The SMILES string of the molecule is COc1ccc(C(=O)NCc2ccccc2-c2ccccc2/C=C/c2ccc(N(C)C)cc2)cn1. The summed E-state index contributed by atoms with van der Waals surface area (Å²) in [6.07, 6.45) is 5.78. The van der Waals surface area contributed by atoms with E-state index in [0.29, 0.717) is 18.0 Å². The second-order valence-corrected chi connectivity index (χ2v) is 8.34. The number of nitrogens with one attached hydrogen (secondary N) is 1. The van der Waals surface area contributed by atoms with Gasteiger partial charge in [-0.2, -0.15) is 0 Å². The second-order valence-electron chi connectivity index (χ2n) is 8.34. The molecule has 1 heterocycles. The molecule has 1 amide bonds. The molecule has 0 spiro atoms. The minimum atomic E-state index is -0.177. The fourth-order valence-corrected chi connectivity index (χ4v) is 3.81. The molecule has 4 rings (SSSR count). The van der Waals surface area contributed by atoms with E-state index in [0.717, 1.165) is 27.8 Å². The molecule has 0 atom stereocenters. The van der Waals surface area contributed by atoms with Crippen molar-refractivity contribution in [2.24, 2.45) is 0 Å². The summed E-state index contributed by atoms with van der Waals surface area (Å²) in [5.74, 6) is 0.300. The van der Waals surface area contributed by atoms with Crippen LogP contribution in [0.25, 0.3) is 23.3 Å². The van der Waals surface area contributed by atoms with Crippen molar-refractivity contribution in [3.8, 4) is 17.0 Å². The molecule has 0 saturated heterocycles. The Morgan fingerprint density at radius 2 is 1.60 bits per heavy atom. The average Bonchev–Trinajstić information content (AvgIpc) is 2.91. The monoisotopic (exact) mass is 463 g/mol. The first kappa shape index (κ1) is 23.8. The number of carbonyl (C=O) groups excluding carboxylic acids is 1. The van der Waals surface area contributed by atoms with Crippen LogP contribution in [-0.4, -0.2) is 32.1 Å². The molecule has 0 radical (unpaired) electrons. The highest BCUT2D eigenvalue weighted by molar-refractivity contribution is 5.94. The first-order valence-corrected chi connectivity index (χ1v) is 11.5. The number of benzene rings is 3. The molecule has 5 heteroatoms. The van der Waals surface area contributed by atoms with Gasteiger partial charge in [0.15, 0.2) is 0 Å². The molecule has 3 aromatic carbocycles. The van der Waals surface area contributed by atoms with Crippen LogP contribution in [0.2, 0.25) is 0 Å². The van der Waals surface area contributed by atoms with Gasteiger partial charge in [-0.3, -0.25) is 4.79 Å². The molecule has 5 nitrogen and oxygen atoms in total. The fourth-order valence-electron chi connectivity index (χ4n) is 3.81. The Morgan fingerprint density at radius 1 is 0.886 bits per heavy atom. The zero-order valence-corrected chi connectivity index (χ0v) is 20.2. The largest absolute Gasteiger partial charge is 0.481 e. The molecule has 0 unspecified atom stereocenters. The number of ether oxygens (including phenoxy) is 1. The molecule has 0 aliphatic rings. The van der Waals surface area contributed by atoms with E-state index in [4.69, 9.17) is 4.74 Å². The number of pyridine rings is 1. The third-order valence-corrected chi connectivity index (χ3v) is 5.78. The predicted molar refractivity (Wildman–Crippen MR) is 144 cm³/mol. The van der Waals surface area contributed by atoms with Gasteiger partial charge in [-0.1, -0.05) is 72.8 Å². The van der Waals surface area contributed by atoms with Crippen molar-refractivity contribution < 1.29 is 9.53 Å². The lowest BCUT2D eigenvalue weighted by Gasteiger charge is -2.14. The van der Waals surface area contributed by atoms with E-state index in [2.05, 4.69) is 69.8 Å². The zero-order valence-electron chi connectivity index (χ0n) is 20.2. The topological polar surface area (TPSA) is 54.5 Å². The molecule has 176 valence electrons. The molecule has 0 aliphatic heterocycles.